The first kappa shape index (κ1) is 13.6. The molecule has 0 fully saturated rings. The van der Waals surface area contributed by atoms with Crippen molar-refractivity contribution in [2.75, 3.05) is 6.61 Å². The summed E-state index contributed by atoms with van der Waals surface area (Å²) in [6.45, 7) is 3.19. The molecular weight excluding hydrogens is 262 g/mol. The smallest absolute Gasteiger partial charge is 0.219 e. The van der Waals surface area contributed by atoms with Gasteiger partial charge in [-0.1, -0.05) is 13.0 Å². The molecule has 102 valence electrons. The molecular formula is C13H17N3O2S. The zero-order valence-corrected chi connectivity index (χ0v) is 11.6. The zero-order valence-electron chi connectivity index (χ0n) is 10.8. The van der Waals surface area contributed by atoms with E-state index >= 15 is 0 Å². The molecule has 3 N–H and O–H groups in total. The van der Waals surface area contributed by atoms with E-state index in [1.165, 1.54) is 0 Å². The van der Waals surface area contributed by atoms with Crippen molar-refractivity contribution < 1.29 is 9.53 Å². The molecule has 0 saturated carbocycles. The number of carbonyl (C=O) groups excluding carboxylic acids is 1. The predicted octanol–water partition coefficient (Wildman–Crippen LogP) is 2.36. The van der Waals surface area contributed by atoms with Gasteiger partial charge >= 0.3 is 0 Å². The van der Waals surface area contributed by atoms with Crippen LogP contribution in [0.4, 0.5) is 0 Å². The number of rotatable bonds is 6. The Morgan fingerprint density at radius 2 is 2.32 bits per heavy atom. The van der Waals surface area contributed by atoms with Crippen LogP contribution in [0.3, 0.4) is 0 Å². The van der Waals surface area contributed by atoms with Gasteiger partial charge in [0.25, 0.3) is 0 Å². The number of fused-ring (bicyclic) bond motifs is 1. The van der Waals surface area contributed by atoms with Crippen molar-refractivity contribution >= 4 is 29.2 Å². The second kappa shape index (κ2) is 5.88. The number of ether oxygens (including phenoxy) is 1. The highest BCUT2D eigenvalue weighted by molar-refractivity contribution is 7.71. The van der Waals surface area contributed by atoms with E-state index in [1.807, 2.05) is 22.8 Å². The minimum atomic E-state index is -0.338. The molecule has 0 saturated heterocycles. The van der Waals surface area contributed by atoms with Crippen LogP contribution in [-0.4, -0.2) is 22.1 Å². The van der Waals surface area contributed by atoms with Crippen molar-refractivity contribution in [1.29, 1.82) is 0 Å². The van der Waals surface area contributed by atoms with Gasteiger partial charge in [0.1, 0.15) is 11.3 Å². The number of aromatic amines is 1. The van der Waals surface area contributed by atoms with Crippen LogP contribution in [0.5, 0.6) is 5.75 Å². The van der Waals surface area contributed by atoms with Crippen molar-refractivity contribution in [3.63, 3.8) is 0 Å². The highest BCUT2D eigenvalue weighted by Crippen LogP contribution is 2.25. The average molecular weight is 279 g/mol. The number of hydrogen-bond acceptors (Lipinski definition) is 3. The number of nitrogens with one attached hydrogen (secondary N) is 1. The van der Waals surface area contributed by atoms with Crippen LogP contribution in [0.25, 0.3) is 11.0 Å². The number of amides is 1. The van der Waals surface area contributed by atoms with E-state index in [9.17, 15) is 4.79 Å². The van der Waals surface area contributed by atoms with Gasteiger partial charge in [-0.2, -0.15) is 0 Å². The van der Waals surface area contributed by atoms with Gasteiger partial charge in [0.2, 0.25) is 5.91 Å². The largest absolute Gasteiger partial charge is 0.491 e. The molecule has 0 atom stereocenters. The van der Waals surface area contributed by atoms with Gasteiger partial charge < -0.3 is 20.0 Å². The van der Waals surface area contributed by atoms with Gasteiger partial charge in [0, 0.05) is 13.0 Å². The first-order chi connectivity index (χ1) is 9.13. The van der Waals surface area contributed by atoms with Crippen LogP contribution >= 0.6 is 12.2 Å². The minimum absolute atomic E-state index is 0.265. The molecule has 1 aromatic heterocycles. The van der Waals surface area contributed by atoms with E-state index < -0.39 is 0 Å². The molecule has 5 nitrogen and oxygen atoms in total. The lowest BCUT2D eigenvalue weighted by atomic mass is 10.3. The van der Waals surface area contributed by atoms with E-state index in [4.69, 9.17) is 22.7 Å². The predicted molar refractivity (Wildman–Crippen MR) is 76.7 cm³/mol. The highest BCUT2D eigenvalue weighted by Gasteiger charge is 2.09. The molecule has 0 spiro atoms. The number of nitrogens with zero attached hydrogens (tertiary/aromatic N) is 1. The molecule has 1 amide bonds. The second-order valence-electron chi connectivity index (χ2n) is 4.30. The molecule has 1 aromatic carbocycles. The first-order valence-corrected chi connectivity index (χ1v) is 6.67. The number of primary amides is 1. The summed E-state index contributed by atoms with van der Waals surface area (Å²) in [6, 6.07) is 5.76. The molecule has 2 rings (SSSR count). The van der Waals surface area contributed by atoms with Gasteiger partial charge in [-0.25, -0.2) is 0 Å². The molecule has 1 heterocycles. The molecule has 19 heavy (non-hydrogen) atoms. The maximum Gasteiger partial charge on any atom is 0.219 e. The lowest BCUT2D eigenvalue weighted by Crippen LogP contribution is -2.13. The van der Waals surface area contributed by atoms with Gasteiger partial charge in [0.15, 0.2) is 4.77 Å². The topological polar surface area (TPSA) is 73.0 Å². The Morgan fingerprint density at radius 1 is 1.53 bits per heavy atom. The summed E-state index contributed by atoms with van der Waals surface area (Å²) in [5.74, 6) is 0.443. The third-order valence-electron chi connectivity index (χ3n) is 2.82. The van der Waals surface area contributed by atoms with Crippen LogP contribution < -0.4 is 10.5 Å². The molecule has 0 bridgehead atoms. The van der Waals surface area contributed by atoms with Crippen molar-refractivity contribution in [2.24, 2.45) is 5.73 Å². The summed E-state index contributed by atoms with van der Waals surface area (Å²) in [5.41, 5.74) is 6.97. The van der Waals surface area contributed by atoms with Gasteiger partial charge in [-0.05, 0) is 30.8 Å². The van der Waals surface area contributed by atoms with Crippen molar-refractivity contribution in [3.05, 3.63) is 23.0 Å². The van der Waals surface area contributed by atoms with Crippen LogP contribution in [-0.2, 0) is 11.3 Å². The number of aromatic nitrogens is 2. The average Bonchev–Trinajstić information content (AvgIpc) is 2.70. The van der Waals surface area contributed by atoms with E-state index in [0.29, 0.717) is 17.9 Å². The van der Waals surface area contributed by atoms with Crippen LogP contribution in [0.2, 0.25) is 0 Å². The van der Waals surface area contributed by atoms with Crippen LogP contribution in [0, 0.1) is 4.77 Å². The van der Waals surface area contributed by atoms with Crippen LogP contribution in [0.1, 0.15) is 19.8 Å². The number of hydrogen-bond donors (Lipinski definition) is 2. The molecule has 0 radical (unpaired) electrons. The van der Waals surface area contributed by atoms with Gasteiger partial charge in [0.05, 0.1) is 12.1 Å². The fourth-order valence-electron chi connectivity index (χ4n) is 1.93. The Morgan fingerprint density at radius 3 is 3.00 bits per heavy atom. The number of aryl methyl sites for hydroxylation is 1. The molecule has 6 heteroatoms. The van der Waals surface area contributed by atoms with Crippen molar-refractivity contribution in [2.45, 2.75) is 26.3 Å². The van der Waals surface area contributed by atoms with E-state index in [1.54, 1.807) is 0 Å². The van der Waals surface area contributed by atoms with E-state index in [2.05, 4.69) is 11.9 Å². The maximum atomic E-state index is 10.9. The fourth-order valence-corrected chi connectivity index (χ4v) is 2.22. The number of nitrogens with two attached hydrogens (primary N) is 1. The van der Waals surface area contributed by atoms with Crippen LogP contribution in [0.15, 0.2) is 18.2 Å². The summed E-state index contributed by atoms with van der Waals surface area (Å²) in [5, 5.41) is 0. The number of benzene rings is 1. The SMILES string of the molecule is CCCOc1cccc2c1[nH]c(=S)n2CCC(N)=O. The molecule has 0 unspecified atom stereocenters. The Balaban J connectivity index is 2.40. The van der Waals surface area contributed by atoms with Gasteiger partial charge in [-0.15, -0.1) is 0 Å². The number of para-hydroxylation sites is 1. The summed E-state index contributed by atoms with van der Waals surface area (Å²) < 4.78 is 8.12. The van der Waals surface area contributed by atoms with E-state index in [-0.39, 0.29) is 12.3 Å². The minimum Gasteiger partial charge on any atom is -0.491 e. The molecule has 0 aliphatic carbocycles. The Labute approximate surface area is 116 Å². The molecule has 2 aromatic rings. The highest BCUT2D eigenvalue weighted by atomic mass is 32.1. The monoisotopic (exact) mass is 279 g/mol. The Hall–Kier alpha value is -1.82. The number of imidazole rings is 1. The maximum absolute atomic E-state index is 10.9. The zero-order chi connectivity index (χ0) is 13.8. The van der Waals surface area contributed by atoms with Crippen molar-refractivity contribution in [3.8, 4) is 5.75 Å². The summed E-state index contributed by atoms with van der Waals surface area (Å²) >= 11 is 5.28. The third kappa shape index (κ3) is 2.96. The number of carbonyl (C=O) groups is 1. The quantitative estimate of drug-likeness (QED) is 0.797. The first-order valence-electron chi connectivity index (χ1n) is 6.26. The second-order valence-corrected chi connectivity index (χ2v) is 4.68. The lowest BCUT2D eigenvalue weighted by Gasteiger charge is -2.06. The standard InChI is InChI=1S/C13H17N3O2S/c1-2-8-18-10-5-3-4-9-12(10)15-13(19)16(9)7-6-11(14)17/h3-5H,2,6-8H2,1H3,(H2,14,17)(H,15,19). The third-order valence-corrected chi connectivity index (χ3v) is 3.14. The molecule has 0 aliphatic heterocycles. The lowest BCUT2D eigenvalue weighted by molar-refractivity contribution is -0.118. The van der Waals surface area contributed by atoms with Crippen molar-refractivity contribution in [1.82, 2.24) is 9.55 Å². The number of H-pyrrole nitrogens is 1. The summed E-state index contributed by atoms with van der Waals surface area (Å²) in [4.78, 5) is 14.0. The molecule has 0 aliphatic rings. The van der Waals surface area contributed by atoms with Gasteiger partial charge in [-0.3, -0.25) is 4.79 Å². The Bertz CT molecular complexity index is 645. The summed E-state index contributed by atoms with van der Waals surface area (Å²) in [7, 11) is 0. The normalized spacial score (nSPS) is 10.8. The fraction of sp³-hybridized carbons (Fsp3) is 0.385. The Kier molecular flexibility index (Phi) is 4.21. The summed E-state index contributed by atoms with van der Waals surface area (Å²) in [6.07, 6.45) is 1.21. The van der Waals surface area contributed by atoms with E-state index in [0.717, 1.165) is 23.2 Å².